The van der Waals surface area contributed by atoms with Gasteiger partial charge in [-0.2, -0.15) is 0 Å². The van der Waals surface area contributed by atoms with Crippen molar-refractivity contribution in [1.82, 2.24) is 4.98 Å². The van der Waals surface area contributed by atoms with Crippen molar-refractivity contribution in [3.8, 4) is 17.2 Å². The average Bonchev–Trinajstić information content (AvgIpc) is 3.15. The number of nitrogens with zero attached hydrogens (tertiary/aromatic N) is 1. The molecule has 9 heteroatoms. The maximum atomic E-state index is 12.5. The highest BCUT2D eigenvalue weighted by molar-refractivity contribution is 8.00. The van der Waals surface area contributed by atoms with Crippen LogP contribution in [0.3, 0.4) is 0 Å². The van der Waals surface area contributed by atoms with Crippen molar-refractivity contribution >= 4 is 29.1 Å². The third-order valence-corrected chi connectivity index (χ3v) is 5.93. The first-order valence-electron chi connectivity index (χ1n) is 9.28. The first-order chi connectivity index (χ1) is 14.5. The van der Waals surface area contributed by atoms with Gasteiger partial charge in [-0.05, 0) is 39.0 Å². The lowest BCUT2D eigenvalue weighted by atomic mass is 10.2. The summed E-state index contributed by atoms with van der Waals surface area (Å²) in [6, 6.07) is 6.03. The lowest BCUT2D eigenvalue weighted by Gasteiger charge is -2.12. The number of aromatic nitrogens is 1. The Kier molecular flexibility index (Phi) is 7.53. The fourth-order valence-electron chi connectivity index (χ4n) is 2.46. The van der Waals surface area contributed by atoms with Crippen LogP contribution in [-0.2, 0) is 5.75 Å². The van der Waals surface area contributed by atoms with Crippen molar-refractivity contribution < 1.29 is 23.4 Å². The van der Waals surface area contributed by atoms with Gasteiger partial charge in [-0.15, -0.1) is 11.3 Å². The predicted octanol–water partition coefficient (Wildman–Crippen LogP) is 4.71. The van der Waals surface area contributed by atoms with E-state index >= 15 is 0 Å². The zero-order valence-corrected chi connectivity index (χ0v) is 18.4. The topological polar surface area (TPSA) is 87.9 Å². The van der Waals surface area contributed by atoms with E-state index in [2.05, 4.69) is 4.98 Å². The average molecular weight is 448 g/mol. The molecule has 3 rings (SSSR count). The smallest absolute Gasteiger partial charge is 0.343 e. The summed E-state index contributed by atoms with van der Waals surface area (Å²) >= 11 is 3.01. The Morgan fingerprint density at radius 1 is 1.13 bits per heavy atom. The number of ether oxygens (including phenoxy) is 3. The van der Waals surface area contributed by atoms with Gasteiger partial charge in [0.15, 0.2) is 15.8 Å². The van der Waals surface area contributed by atoms with Crippen LogP contribution in [0, 0.1) is 6.92 Å². The van der Waals surface area contributed by atoms with E-state index in [9.17, 15) is 9.59 Å². The highest BCUT2D eigenvalue weighted by atomic mass is 32.2. The Morgan fingerprint density at radius 2 is 1.90 bits per heavy atom. The lowest BCUT2D eigenvalue weighted by molar-refractivity contribution is 0.0728. The molecule has 1 aromatic carbocycles. The predicted molar refractivity (Wildman–Crippen MR) is 115 cm³/mol. The fourth-order valence-corrected chi connectivity index (χ4v) is 4.20. The van der Waals surface area contributed by atoms with Gasteiger partial charge in [0.05, 0.1) is 24.5 Å². The van der Waals surface area contributed by atoms with E-state index in [1.54, 1.807) is 12.1 Å². The van der Waals surface area contributed by atoms with Crippen LogP contribution in [0.25, 0.3) is 0 Å². The molecule has 0 spiro atoms. The third kappa shape index (κ3) is 5.64. The molecule has 2 aromatic heterocycles. The summed E-state index contributed by atoms with van der Waals surface area (Å²) in [5.41, 5.74) is 0.754. The van der Waals surface area contributed by atoms with Crippen LogP contribution < -0.4 is 19.6 Å². The number of hydrogen-bond donors (Lipinski definition) is 0. The molecule has 0 aliphatic rings. The molecule has 0 radical (unpaired) electrons. The van der Waals surface area contributed by atoms with Crippen molar-refractivity contribution in [2.24, 2.45) is 0 Å². The van der Waals surface area contributed by atoms with Crippen LogP contribution in [0.5, 0.6) is 17.2 Å². The quantitative estimate of drug-likeness (QED) is 0.344. The van der Waals surface area contributed by atoms with Crippen molar-refractivity contribution in [3.05, 3.63) is 63.1 Å². The summed E-state index contributed by atoms with van der Waals surface area (Å²) in [5, 5.41) is 1.96. The summed E-state index contributed by atoms with van der Waals surface area (Å²) < 4.78 is 22.6. The van der Waals surface area contributed by atoms with E-state index in [1.165, 1.54) is 35.2 Å². The molecule has 0 unspecified atom stereocenters. The number of thioether (sulfide) groups is 1. The van der Waals surface area contributed by atoms with Gasteiger partial charge in [-0.25, -0.2) is 9.78 Å². The maximum absolute atomic E-state index is 12.5. The molecular weight excluding hydrogens is 426 g/mol. The van der Waals surface area contributed by atoms with E-state index in [0.29, 0.717) is 36.2 Å². The largest absolute Gasteiger partial charge is 0.490 e. The van der Waals surface area contributed by atoms with Crippen LogP contribution in [-0.4, -0.2) is 24.2 Å². The van der Waals surface area contributed by atoms with Crippen LogP contribution >= 0.6 is 23.1 Å². The van der Waals surface area contributed by atoms with Crippen molar-refractivity contribution in [2.75, 3.05) is 13.2 Å². The van der Waals surface area contributed by atoms with Gasteiger partial charge < -0.3 is 18.6 Å². The van der Waals surface area contributed by atoms with Crippen LogP contribution in [0.1, 0.15) is 35.7 Å². The number of carbonyl (C=O) groups is 1. The molecule has 0 aliphatic carbocycles. The van der Waals surface area contributed by atoms with Crippen molar-refractivity contribution in [3.63, 3.8) is 0 Å². The van der Waals surface area contributed by atoms with Gasteiger partial charge in [0.2, 0.25) is 11.2 Å². The monoisotopic (exact) mass is 447 g/mol. The van der Waals surface area contributed by atoms with Crippen molar-refractivity contribution in [2.45, 2.75) is 30.9 Å². The molecule has 0 amide bonds. The van der Waals surface area contributed by atoms with E-state index in [-0.39, 0.29) is 11.3 Å². The molecule has 0 N–H and O–H groups in total. The normalized spacial score (nSPS) is 10.6. The minimum absolute atomic E-state index is 0.175. The maximum Gasteiger partial charge on any atom is 0.343 e. The lowest BCUT2D eigenvalue weighted by Crippen LogP contribution is -2.15. The number of carbonyl (C=O) groups excluding carboxylic acids is 1. The van der Waals surface area contributed by atoms with E-state index in [0.717, 1.165) is 16.3 Å². The number of aryl methyl sites for hydroxylation is 1. The van der Waals surface area contributed by atoms with Gasteiger partial charge in [0.1, 0.15) is 12.0 Å². The van der Waals surface area contributed by atoms with Crippen molar-refractivity contribution in [1.29, 1.82) is 0 Å². The fraction of sp³-hybridized carbons (Fsp3) is 0.286. The number of esters is 1. The molecule has 30 heavy (non-hydrogen) atoms. The zero-order valence-electron chi connectivity index (χ0n) is 16.8. The molecular formula is C21H21NO6S2. The van der Waals surface area contributed by atoms with E-state index in [1.807, 2.05) is 26.2 Å². The number of thiazole rings is 1. The number of rotatable bonds is 9. The molecule has 0 saturated heterocycles. The molecule has 2 heterocycles. The van der Waals surface area contributed by atoms with Gasteiger partial charge in [-0.3, -0.25) is 4.79 Å². The Balaban J connectivity index is 1.68. The third-order valence-electron chi connectivity index (χ3n) is 3.77. The van der Waals surface area contributed by atoms with Crippen LogP contribution in [0.4, 0.5) is 0 Å². The minimum atomic E-state index is -0.688. The highest BCUT2D eigenvalue weighted by Gasteiger charge is 2.16. The first-order valence-corrected chi connectivity index (χ1v) is 11.1. The van der Waals surface area contributed by atoms with Crippen LogP contribution in [0.2, 0.25) is 0 Å². The summed E-state index contributed by atoms with van der Waals surface area (Å²) in [6.07, 6.45) is 1.15. The second-order valence-corrected chi connectivity index (χ2v) is 8.12. The van der Waals surface area contributed by atoms with Gasteiger partial charge in [0.25, 0.3) is 0 Å². The molecule has 7 nitrogen and oxygen atoms in total. The summed E-state index contributed by atoms with van der Waals surface area (Å²) in [4.78, 5) is 29.2. The van der Waals surface area contributed by atoms with Gasteiger partial charge in [-0.1, -0.05) is 11.8 Å². The molecule has 0 bridgehead atoms. The second-order valence-electron chi connectivity index (χ2n) is 6.04. The highest BCUT2D eigenvalue weighted by Crippen LogP contribution is 2.29. The number of benzene rings is 1. The second kappa shape index (κ2) is 10.3. The van der Waals surface area contributed by atoms with Crippen LogP contribution in [0.15, 0.2) is 49.5 Å². The van der Waals surface area contributed by atoms with E-state index in [4.69, 9.17) is 18.6 Å². The minimum Gasteiger partial charge on any atom is -0.490 e. The zero-order chi connectivity index (χ0) is 21.5. The molecule has 0 atom stereocenters. The van der Waals surface area contributed by atoms with Gasteiger partial charge >= 0.3 is 5.97 Å². The van der Waals surface area contributed by atoms with E-state index < -0.39 is 11.4 Å². The summed E-state index contributed by atoms with van der Waals surface area (Å²) in [5.74, 6) is 1.03. The first kappa shape index (κ1) is 21.9. The molecule has 0 aliphatic heterocycles. The molecule has 0 fully saturated rings. The Morgan fingerprint density at radius 3 is 2.57 bits per heavy atom. The summed E-state index contributed by atoms with van der Waals surface area (Å²) in [7, 11) is 0. The van der Waals surface area contributed by atoms with Gasteiger partial charge in [0, 0.05) is 17.1 Å². The standard InChI is InChI=1S/C21H21NO6S2/c1-4-25-17-7-6-14(8-18(17)26-5-2)20(24)28-19-10-27-15(9-16(19)23)12-30-21-22-13(3)11-29-21/h6-11H,4-5,12H2,1-3H3. The molecule has 0 saturated carbocycles. The Labute approximate surface area is 182 Å². The summed E-state index contributed by atoms with van der Waals surface area (Å²) in [6.45, 7) is 6.50. The molecule has 158 valence electrons. The Hall–Kier alpha value is -2.78. The number of hydrogen-bond acceptors (Lipinski definition) is 9. The SMILES string of the molecule is CCOc1ccc(C(=O)Oc2coc(CSc3nc(C)cs3)cc2=O)cc1OCC. The Bertz CT molecular complexity index is 1080. The molecule has 3 aromatic rings.